The number of carbonyl (C=O) groups is 2. The molecule has 0 bridgehead atoms. The van der Waals surface area contributed by atoms with Crippen LogP contribution in [0.5, 0.6) is 0 Å². The summed E-state index contributed by atoms with van der Waals surface area (Å²) < 4.78 is 13.3. The maximum absolute atomic E-state index is 13.7. The average Bonchev–Trinajstić information content (AvgIpc) is 3.11. The topological polar surface area (TPSA) is 61.4 Å². The highest BCUT2D eigenvalue weighted by Gasteiger charge is 2.53. The molecule has 0 spiro atoms. The number of carbonyl (C=O) groups excluding carboxylic acids is 2. The van der Waals surface area contributed by atoms with Crippen LogP contribution in [-0.2, 0) is 16.6 Å². The van der Waals surface area contributed by atoms with Crippen molar-refractivity contribution >= 4 is 46.5 Å². The lowest BCUT2D eigenvalue weighted by atomic mass is 9.65. The molecule has 0 saturated carbocycles. The molecule has 180 valence electrons. The molecule has 1 saturated heterocycles. The summed E-state index contributed by atoms with van der Waals surface area (Å²) in [6, 6.07) is 18.4. The molecule has 0 aromatic heterocycles. The van der Waals surface area contributed by atoms with Gasteiger partial charge >= 0.3 is 6.03 Å². The van der Waals surface area contributed by atoms with Crippen LogP contribution < -0.4 is 10.6 Å². The third kappa shape index (κ3) is 4.60. The van der Waals surface area contributed by atoms with Gasteiger partial charge < -0.3 is 15.5 Å². The molecule has 2 aliphatic rings. The highest BCUT2D eigenvalue weighted by Crippen LogP contribution is 2.49. The molecular weight excluding hydrogens is 488 g/mol. The van der Waals surface area contributed by atoms with Crippen molar-refractivity contribution in [2.24, 2.45) is 5.92 Å². The Kier molecular flexibility index (Phi) is 6.43. The summed E-state index contributed by atoms with van der Waals surface area (Å²) in [6.45, 7) is 0.981. The van der Waals surface area contributed by atoms with E-state index in [4.69, 9.17) is 23.2 Å². The molecule has 2 atom stereocenters. The number of piperidine rings is 1. The van der Waals surface area contributed by atoms with Crippen LogP contribution >= 0.6 is 23.2 Å². The molecule has 0 aliphatic carbocycles. The van der Waals surface area contributed by atoms with Crippen LogP contribution in [0.1, 0.15) is 24.0 Å². The minimum atomic E-state index is -0.876. The average molecular weight is 512 g/mol. The lowest BCUT2D eigenvalue weighted by Crippen LogP contribution is -2.52. The number of nitrogens with one attached hydrogen (secondary N) is 2. The molecule has 35 heavy (non-hydrogen) atoms. The van der Waals surface area contributed by atoms with Crippen LogP contribution in [-0.4, -0.2) is 29.9 Å². The molecule has 8 heteroatoms. The van der Waals surface area contributed by atoms with E-state index in [2.05, 4.69) is 10.6 Å². The van der Waals surface area contributed by atoms with Gasteiger partial charge in [0.25, 0.3) is 0 Å². The molecule has 2 aliphatic heterocycles. The Hall–Kier alpha value is -3.09. The Morgan fingerprint density at radius 1 is 1.09 bits per heavy atom. The van der Waals surface area contributed by atoms with Crippen LogP contribution in [0.2, 0.25) is 10.0 Å². The number of anilines is 2. The van der Waals surface area contributed by atoms with Gasteiger partial charge in [-0.25, -0.2) is 9.18 Å². The summed E-state index contributed by atoms with van der Waals surface area (Å²) in [4.78, 5) is 28.5. The van der Waals surface area contributed by atoms with Gasteiger partial charge in [0.05, 0.1) is 5.41 Å². The summed E-state index contributed by atoms with van der Waals surface area (Å²) >= 11 is 12.5. The number of halogens is 3. The van der Waals surface area contributed by atoms with Gasteiger partial charge in [0.2, 0.25) is 5.91 Å². The van der Waals surface area contributed by atoms with Crippen molar-refractivity contribution in [2.45, 2.75) is 24.7 Å². The highest BCUT2D eigenvalue weighted by molar-refractivity contribution is 6.31. The molecular formula is C27H24Cl2FN3O2. The second-order valence-corrected chi connectivity index (χ2v) is 10.0. The summed E-state index contributed by atoms with van der Waals surface area (Å²) in [5, 5.41) is 7.04. The SMILES string of the molecule is O=C(Nc1ccc(F)cc1)N1CCCC(C2(Cc3cccc(Cl)c3)C(=O)Nc3cc(Cl)ccc32)C1. The minimum Gasteiger partial charge on any atom is -0.325 e. The number of likely N-dealkylation sites (tertiary alicyclic amines) is 1. The van der Waals surface area contributed by atoms with Crippen LogP contribution in [0.25, 0.3) is 0 Å². The van der Waals surface area contributed by atoms with E-state index in [1.807, 2.05) is 30.3 Å². The Balaban J connectivity index is 1.48. The van der Waals surface area contributed by atoms with Gasteiger partial charge in [0.1, 0.15) is 5.82 Å². The first-order valence-corrected chi connectivity index (χ1v) is 12.3. The monoisotopic (exact) mass is 511 g/mol. The lowest BCUT2D eigenvalue weighted by Gasteiger charge is -2.42. The first-order valence-electron chi connectivity index (χ1n) is 11.5. The van der Waals surface area contributed by atoms with Crippen molar-refractivity contribution in [3.05, 3.63) is 93.7 Å². The molecule has 5 nitrogen and oxygen atoms in total. The molecule has 2 N–H and O–H groups in total. The number of amides is 3. The van der Waals surface area contributed by atoms with Crippen LogP contribution in [0.3, 0.4) is 0 Å². The van der Waals surface area contributed by atoms with Crippen LogP contribution in [0.4, 0.5) is 20.6 Å². The fraction of sp³-hybridized carbons (Fsp3) is 0.259. The number of benzene rings is 3. The van der Waals surface area contributed by atoms with Crippen molar-refractivity contribution in [3.8, 4) is 0 Å². The first-order chi connectivity index (χ1) is 16.8. The van der Waals surface area contributed by atoms with Crippen molar-refractivity contribution in [3.63, 3.8) is 0 Å². The number of nitrogens with zero attached hydrogens (tertiary/aromatic N) is 1. The van der Waals surface area contributed by atoms with E-state index < -0.39 is 5.41 Å². The standard InChI is InChI=1S/C27H24Cl2FN3O2/c28-19-5-1-3-17(13-19)15-27(23-11-6-20(29)14-24(23)32-25(27)34)18-4-2-12-33(16-18)26(35)31-22-9-7-21(30)8-10-22/h1,3,5-11,13-14,18H,2,4,12,15-16H2,(H,31,35)(H,32,34). The normalized spacial score (nSPS) is 21.4. The Morgan fingerprint density at radius 3 is 2.63 bits per heavy atom. The second-order valence-electron chi connectivity index (χ2n) is 9.14. The third-order valence-electron chi connectivity index (χ3n) is 6.99. The summed E-state index contributed by atoms with van der Waals surface area (Å²) in [5.41, 5.74) is 2.18. The first kappa shape index (κ1) is 23.6. The number of fused-ring (bicyclic) bond motifs is 1. The summed E-state index contributed by atoms with van der Waals surface area (Å²) in [7, 11) is 0. The fourth-order valence-electron chi connectivity index (χ4n) is 5.36. The van der Waals surface area contributed by atoms with Gasteiger partial charge in [-0.1, -0.05) is 41.4 Å². The Labute approximate surface area is 213 Å². The van der Waals surface area contributed by atoms with E-state index in [9.17, 15) is 14.0 Å². The van der Waals surface area contributed by atoms with E-state index in [1.54, 1.807) is 17.0 Å². The highest BCUT2D eigenvalue weighted by atomic mass is 35.5. The zero-order valence-corrected chi connectivity index (χ0v) is 20.4. The van der Waals surface area contributed by atoms with Crippen molar-refractivity contribution < 1.29 is 14.0 Å². The van der Waals surface area contributed by atoms with Crippen molar-refractivity contribution in [1.82, 2.24) is 4.90 Å². The van der Waals surface area contributed by atoms with Crippen molar-refractivity contribution in [2.75, 3.05) is 23.7 Å². The van der Waals surface area contributed by atoms with Gasteiger partial charge in [-0.15, -0.1) is 0 Å². The Bertz CT molecular complexity index is 1280. The smallest absolute Gasteiger partial charge is 0.321 e. The maximum atomic E-state index is 13.7. The molecule has 2 heterocycles. The zero-order chi connectivity index (χ0) is 24.6. The number of hydrogen-bond donors (Lipinski definition) is 2. The number of urea groups is 1. The van der Waals surface area contributed by atoms with Crippen molar-refractivity contribution in [1.29, 1.82) is 0 Å². The fourth-order valence-corrected chi connectivity index (χ4v) is 5.74. The Morgan fingerprint density at radius 2 is 1.86 bits per heavy atom. The molecule has 1 fully saturated rings. The summed E-state index contributed by atoms with van der Waals surface area (Å²) in [5.74, 6) is -0.591. The minimum absolute atomic E-state index is 0.0967. The quantitative estimate of drug-likeness (QED) is 0.419. The molecule has 3 aromatic carbocycles. The molecule has 5 rings (SSSR count). The van der Waals surface area contributed by atoms with E-state index in [0.29, 0.717) is 40.9 Å². The van der Waals surface area contributed by atoms with E-state index in [-0.39, 0.29) is 23.7 Å². The van der Waals surface area contributed by atoms with Gasteiger partial charge in [-0.3, -0.25) is 4.79 Å². The van der Waals surface area contributed by atoms with E-state index >= 15 is 0 Å². The van der Waals surface area contributed by atoms with Gasteiger partial charge in [-0.05, 0) is 84.8 Å². The number of rotatable bonds is 4. The molecule has 3 aromatic rings. The zero-order valence-electron chi connectivity index (χ0n) is 18.9. The van der Waals surface area contributed by atoms with Crippen LogP contribution in [0.15, 0.2) is 66.7 Å². The lowest BCUT2D eigenvalue weighted by molar-refractivity contribution is -0.123. The second kappa shape index (κ2) is 9.51. The van der Waals surface area contributed by atoms with Crippen LogP contribution in [0, 0.1) is 11.7 Å². The molecule has 2 unspecified atom stereocenters. The predicted octanol–water partition coefficient (Wildman–Crippen LogP) is 6.51. The van der Waals surface area contributed by atoms with Gasteiger partial charge in [0.15, 0.2) is 0 Å². The molecule has 3 amide bonds. The largest absolute Gasteiger partial charge is 0.325 e. The van der Waals surface area contributed by atoms with Gasteiger partial charge in [0, 0.05) is 34.5 Å². The molecule has 0 radical (unpaired) electrons. The predicted molar refractivity (Wildman–Crippen MR) is 137 cm³/mol. The van der Waals surface area contributed by atoms with E-state index in [1.165, 1.54) is 24.3 Å². The third-order valence-corrected chi connectivity index (χ3v) is 7.46. The van der Waals surface area contributed by atoms with E-state index in [0.717, 1.165) is 24.0 Å². The van der Waals surface area contributed by atoms with Gasteiger partial charge in [-0.2, -0.15) is 0 Å². The number of hydrogen-bond acceptors (Lipinski definition) is 2. The maximum Gasteiger partial charge on any atom is 0.321 e. The summed E-state index contributed by atoms with van der Waals surface area (Å²) in [6.07, 6.45) is 2.00.